The van der Waals surface area contributed by atoms with Crippen molar-refractivity contribution in [2.24, 2.45) is 0 Å². The Balaban J connectivity index is 4.48. The van der Waals surface area contributed by atoms with Gasteiger partial charge in [-0.1, -0.05) is 6.92 Å². The van der Waals surface area contributed by atoms with Crippen molar-refractivity contribution < 1.29 is 34.4 Å². The summed E-state index contributed by atoms with van der Waals surface area (Å²) < 4.78 is 4.31. The first-order chi connectivity index (χ1) is 6.90. The first kappa shape index (κ1) is 13.4. The topological polar surface area (TPSA) is 121 Å². The van der Waals surface area contributed by atoms with Crippen LogP contribution in [0.2, 0.25) is 0 Å². The number of rotatable bonds is 6. The summed E-state index contributed by atoms with van der Waals surface area (Å²) in [6, 6.07) is 0. The molecule has 0 rings (SSSR count). The number of hydrogen-bond acceptors (Lipinski definition) is 5. The predicted octanol–water partition coefficient (Wildman–Crippen LogP) is -0.772. The second kappa shape index (κ2) is 5.97. The Kier molecular flexibility index (Phi) is 5.32. The van der Waals surface area contributed by atoms with Crippen LogP contribution in [0.4, 0.5) is 0 Å². The molecule has 2 atom stereocenters. The predicted molar refractivity (Wildman–Crippen MR) is 46.1 cm³/mol. The molecule has 3 N–H and O–H groups in total. The van der Waals surface area contributed by atoms with Crippen molar-refractivity contribution >= 4 is 17.9 Å². The van der Waals surface area contributed by atoms with Gasteiger partial charge in [0.25, 0.3) is 0 Å². The maximum absolute atomic E-state index is 10.9. The van der Waals surface area contributed by atoms with Crippen LogP contribution in [0.1, 0.15) is 19.8 Å². The van der Waals surface area contributed by atoms with Crippen molar-refractivity contribution in [3.63, 3.8) is 0 Å². The van der Waals surface area contributed by atoms with Crippen LogP contribution in [0, 0.1) is 0 Å². The Labute approximate surface area is 85.3 Å². The maximum Gasteiger partial charge on any atom is 0.348 e. The number of esters is 1. The normalized spacial score (nSPS) is 14.0. The van der Waals surface area contributed by atoms with Gasteiger partial charge < -0.3 is 20.1 Å². The highest BCUT2D eigenvalue weighted by Crippen LogP contribution is 2.04. The zero-order chi connectivity index (χ0) is 12.0. The van der Waals surface area contributed by atoms with Gasteiger partial charge in [0, 0.05) is 6.42 Å². The fraction of sp³-hybridized carbons (Fsp3) is 0.625. The highest BCUT2D eigenvalue weighted by molar-refractivity contribution is 5.85. The Morgan fingerprint density at radius 2 is 1.73 bits per heavy atom. The molecule has 0 aliphatic carbocycles. The van der Waals surface area contributed by atoms with E-state index in [0.717, 1.165) is 0 Å². The molecule has 0 spiro atoms. The van der Waals surface area contributed by atoms with Crippen molar-refractivity contribution in [1.29, 1.82) is 0 Å². The van der Waals surface area contributed by atoms with Crippen LogP contribution in [-0.4, -0.2) is 45.4 Å². The molecular weight excluding hydrogens is 208 g/mol. The average molecular weight is 220 g/mol. The molecule has 0 fully saturated rings. The lowest BCUT2D eigenvalue weighted by atomic mass is 10.2. The van der Waals surface area contributed by atoms with E-state index in [-0.39, 0.29) is 6.42 Å². The summed E-state index contributed by atoms with van der Waals surface area (Å²) in [5.74, 6) is -4.31. The molecule has 0 aliphatic rings. The fourth-order valence-corrected chi connectivity index (χ4v) is 0.784. The molecule has 7 heteroatoms. The molecule has 0 bridgehead atoms. The van der Waals surface area contributed by atoms with E-state index >= 15 is 0 Å². The zero-order valence-electron chi connectivity index (χ0n) is 8.04. The van der Waals surface area contributed by atoms with Gasteiger partial charge in [-0.25, -0.2) is 9.59 Å². The summed E-state index contributed by atoms with van der Waals surface area (Å²) >= 11 is 0. The molecule has 0 radical (unpaired) electrons. The molecule has 86 valence electrons. The van der Waals surface area contributed by atoms with Crippen LogP contribution in [-0.2, 0) is 19.1 Å². The molecule has 0 aromatic heterocycles. The highest BCUT2D eigenvalue weighted by atomic mass is 16.6. The molecule has 0 heterocycles. The van der Waals surface area contributed by atoms with E-state index in [4.69, 9.17) is 15.3 Å². The van der Waals surface area contributed by atoms with Crippen molar-refractivity contribution in [2.75, 3.05) is 0 Å². The van der Waals surface area contributed by atoms with E-state index in [0.29, 0.717) is 6.42 Å². The number of aliphatic hydroxyl groups excluding tert-OH is 1. The van der Waals surface area contributed by atoms with E-state index in [2.05, 4.69) is 4.74 Å². The van der Waals surface area contributed by atoms with Gasteiger partial charge in [0.2, 0.25) is 6.10 Å². The van der Waals surface area contributed by atoms with E-state index in [1.54, 1.807) is 6.92 Å². The van der Waals surface area contributed by atoms with Crippen molar-refractivity contribution in [1.82, 2.24) is 0 Å². The van der Waals surface area contributed by atoms with Gasteiger partial charge >= 0.3 is 17.9 Å². The quantitative estimate of drug-likeness (QED) is 0.502. The summed E-state index contributed by atoms with van der Waals surface area (Å²) in [6.45, 7) is 1.67. The van der Waals surface area contributed by atoms with E-state index in [1.807, 2.05) is 0 Å². The van der Waals surface area contributed by atoms with Crippen LogP contribution in [0.15, 0.2) is 0 Å². The highest BCUT2D eigenvalue weighted by Gasteiger charge is 2.35. The third-order valence-electron chi connectivity index (χ3n) is 1.50. The number of aliphatic carboxylic acids is 2. The number of carboxylic acid groups (broad SMARTS) is 2. The first-order valence-corrected chi connectivity index (χ1v) is 4.23. The first-order valence-electron chi connectivity index (χ1n) is 4.23. The van der Waals surface area contributed by atoms with Gasteiger partial charge in [0.15, 0.2) is 6.10 Å². The summed E-state index contributed by atoms with van der Waals surface area (Å²) in [4.78, 5) is 31.7. The largest absolute Gasteiger partial charge is 0.479 e. The minimum absolute atomic E-state index is 0.0316. The van der Waals surface area contributed by atoms with Crippen LogP contribution in [0.3, 0.4) is 0 Å². The Bertz CT molecular complexity index is 260. The standard InChI is InChI=1S/C8H12O7/c1-2-3-4(9)15-6(8(13)14)5(10)7(11)12/h5-6,10H,2-3H2,1H3,(H,11,12)(H,13,14). The molecule has 7 nitrogen and oxygen atoms in total. The van der Waals surface area contributed by atoms with Crippen LogP contribution in [0.5, 0.6) is 0 Å². The number of carbonyl (C=O) groups is 3. The molecule has 0 aromatic carbocycles. The molecular formula is C8H12O7. The summed E-state index contributed by atoms with van der Waals surface area (Å²) in [7, 11) is 0. The van der Waals surface area contributed by atoms with E-state index < -0.39 is 30.1 Å². The maximum atomic E-state index is 10.9. The number of aliphatic hydroxyl groups is 1. The van der Waals surface area contributed by atoms with Crippen LogP contribution >= 0.6 is 0 Å². The number of ether oxygens (including phenoxy) is 1. The van der Waals surface area contributed by atoms with Crippen molar-refractivity contribution in [3.8, 4) is 0 Å². The third-order valence-corrected chi connectivity index (χ3v) is 1.50. The van der Waals surface area contributed by atoms with Gasteiger partial charge in [-0.3, -0.25) is 4.79 Å². The minimum Gasteiger partial charge on any atom is -0.479 e. The number of hydrogen-bond donors (Lipinski definition) is 3. The summed E-state index contributed by atoms with van der Waals surface area (Å²) in [5.41, 5.74) is 0. The summed E-state index contributed by atoms with van der Waals surface area (Å²) in [5, 5.41) is 25.8. The van der Waals surface area contributed by atoms with Crippen molar-refractivity contribution in [3.05, 3.63) is 0 Å². The Morgan fingerprint density at radius 1 is 1.20 bits per heavy atom. The molecule has 0 amide bonds. The molecule has 15 heavy (non-hydrogen) atoms. The van der Waals surface area contributed by atoms with Gasteiger partial charge in [-0.2, -0.15) is 0 Å². The third kappa shape index (κ3) is 4.41. The fourth-order valence-electron chi connectivity index (χ4n) is 0.784. The smallest absolute Gasteiger partial charge is 0.348 e. The van der Waals surface area contributed by atoms with Gasteiger partial charge in [0.1, 0.15) is 0 Å². The molecule has 0 saturated heterocycles. The second-order valence-corrected chi connectivity index (χ2v) is 2.78. The van der Waals surface area contributed by atoms with Crippen LogP contribution < -0.4 is 0 Å². The SMILES string of the molecule is CCCC(=O)OC(C(=O)O)C(O)C(=O)O. The van der Waals surface area contributed by atoms with Gasteiger partial charge in [-0.05, 0) is 6.42 Å². The summed E-state index contributed by atoms with van der Waals surface area (Å²) in [6.07, 6.45) is -3.92. The van der Waals surface area contributed by atoms with E-state index in [1.165, 1.54) is 0 Å². The van der Waals surface area contributed by atoms with Crippen LogP contribution in [0.25, 0.3) is 0 Å². The Morgan fingerprint density at radius 3 is 2.07 bits per heavy atom. The lowest BCUT2D eigenvalue weighted by Crippen LogP contribution is -2.42. The average Bonchev–Trinajstić information content (AvgIpc) is 2.13. The second-order valence-electron chi connectivity index (χ2n) is 2.78. The molecule has 0 aromatic rings. The Hall–Kier alpha value is -1.63. The zero-order valence-corrected chi connectivity index (χ0v) is 8.04. The van der Waals surface area contributed by atoms with E-state index in [9.17, 15) is 14.4 Å². The molecule has 2 unspecified atom stereocenters. The van der Waals surface area contributed by atoms with Crippen molar-refractivity contribution in [2.45, 2.75) is 32.0 Å². The minimum atomic E-state index is -2.26. The van der Waals surface area contributed by atoms with Gasteiger partial charge in [0.05, 0.1) is 0 Å². The lowest BCUT2D eigenvalue weighted by molar-refractivity contribution is -0.178. The lowest BCUT2D eigenvalue weighted by Gasteiger charge is -2.15. The number of carboxylic acids is 2. The number of carbonyl (C=O) groups excluding carboxylic acids is 1. The molecule has 0 aliphatic heterocycles. The molecule has 0 saturated carbocycles. The monoisotopic (exact) mass is 220 g/mol. The van der Waals surface area contributed by atoms with Gasteiger partial charge in [-0.15, -0.1) is 0 Å².